The Morgan fingerprint density at radius 3 is 2.85 bits per heavy atom. The second kappa shape index (κ2) is 4.93. The lowest BCUT2D eigenvalue weighted by Crippen LogP contribution is -2.28. The van der Waals surface area contributed by atoms with Gasteiger partial charge in [0, 0.05) is 12.8 Å². The van der Waals surface area contributed by atoms with Crippen LogP contribution in [0.3, 0.4) is 0 Å². The van der Waals surface area contributed by atoms with Gasteiger partial charge in [-0.15, -0.1) is 0 Å². The van der Waals surface area contributed by atoms with E-state index in [1.165, 1.54) is 12.7 Å². The Labute approximate surface area is 80.0 Å². The SMILES string of the molecule is CS(=O)(=O)CCNCC1CCNC1. The molecule has 1 fully saturated rings. The molecule has 1 unspecified atom stereocenters. The predicted molar refractivity (Wildman–Crippen MR) is 53.6 cm³/mol. The van der Waals surface area contributed by atoms with Crippen LogP contribution in [0, 0.1) is 5.92 Å². The van der Waals surface area contributed by atoms with Crippen molar-refractivity contribution >= 4 is 9.84 Å². The minimum atomic E-state index is -2.80. The van der Waals surface area contributed by atoms with E-state index < -0.39 is 9.84 Å². The summed E-state index contributed by atoms with van der Waals surface area (Å²) in [6, 6.07) is 0. The summed E-state index contributed by atoms with van der Waals surface area (Å²) >= 11 is 0. The maximum absolute atomic E-state index is 10.8. The molecular weight excluding hydrogens is 188 g/mol. The summed E-state index contributed by atoms with van der Waals surface area (Å²) in [5, 5.41) is 6.44. The third-order valence-electron chi connectivity index (χ3n) is 2.25. The standard InChI is InChI=1S/C8H18N2O2S/c1-13(11,12)5-4-10-7-8-2-3-9-6-8/h8-10H,2-7H2,1H3. The maximum Gasteiger partial charge on any atom is 0.148 e. The highest BCUT2D eigenvalue weighted by Crippen LogP contribution is 2.04. The first-order valence-corrected chi connectivity index (χ1v) is 6.73. The van der Waals surface area contributed by atoms with E-state index >= 15 is 0 Å². The van der Waals surface area contributed by atoms with Gasteiger partial charge in [0.2, 0.25) is 0 Å². The van der Waals surface area contributed by atoms with Gasteiger partial charge < -0.3 is 10.6 Å². The zero-order valence-corrected chi connectivity index (χ0v) is 8.86. The van der Waals surface area contributed by atoms with Gasteiger partial charge in [0.25, 0.3) is 0 Å². The number of sulfone groups is 1. The molecule has 0 aromatic carbocycles. The lowest BCUT2D eigenvalue weighted by Gasteiger charge is -2.08. The molecule has 0 aromatic rings. The molecule has 0 spiro atoms. The Kier molecular flexibility index (Phi) is 4.15. The summed E-state index contributed by atoms with van der Waals surface area (Å²) in [4.78, 5) is 0. The summed E-state index contributed by atoms with van der Waals surface area (Å²) in [6.45, 7) is 3.67. The van der Waals surface area contributed by atoms with Gasteiger partial charge in [-0.3, -0.25) is 0 Å². The molecule has 13 heavy (non-hydrogen) atoms. The zero-order chi connectivity index (χ0) is 9.73. The van der Waals surface area contributed by atoms with Crippen molar-refractivity contribution in [2.75, 3.05) is 38.2 Å². The first-order chi connectivity index (χ1) is 6.08. The molecule has 1 aliphatic rings. The van der Waals surface area contributed by atoms with Crippen LogP contribution < -0.4 is 10.6 Å². The predicted octanol–water partition coefficient (Wildman–Crippen LogP) is -0.770. The lowest BCUT2D eigenvalue weighted by molar-refractivity contribution is 0.521. The van der Waals surface area contributed by atoms with Gasteiger partial charge in [0.05, 0.1) is 5.75 Å². The van der Waals surface area contributed by atoms with E-state index in [4.69, 9.17) is 0 Å². The quantitative estimate of drug-likeness (QED) is 0.580. The van der Waals surface area contributed by atoms with Crippen molar-refractivity contribution < 1.29 is 8.42 Å². The highest BCUT2D eigenvalue weighted by molar-refractivity contribution is 7.90. The fraction of sp³-hybridized carbons (Fsp3) is 1.00. The van der Waals surface area contributed by atoms with Gasteiger partial charge in [-0.1, -0.05) is 0 Å². The molecule has 78 valence electrons. The number of rotatable bonds is 5. The van der Waals surface area contributed by atoms with Crippen molar-refractivity contribution in [3.8, 4) is 0 Å². The van der Waals surface area contributed by atoms with E-state index in [2.05, 4.69) is 10.6 Å². The van der Waals surface area contributed by atoms with Crippen LogP contribution in [0.1, 0.15) is 6.42 Å². The van der Waals surface area contributed by atoms with E-state index in [-0.39, 0.29) is 5.75 Å². The highest BCUT2D eigenvalue weighted by atomic mass is 32.2. The first-order valence-electron chi connectivity index (χ1n) is 4.67. The maximum atomic E-state index is 10.8. The molecule has 1 rings (SSSR count). The first kappa shape index (κ1) is 10.9. The van der Waals surface area contributed by atoms with Crippen LogP contribution in [-0.2, 0) is 9.84 Å². The highest BCUT2D eigenvalue weighted by Gasteiger charge is 2.13. The van der Waals surface area contributed by atoms with E-state index in [1.807, 2.05) is 0 Å². The van der Waals surface area contributed by atoms with Gasteiger partial charge in [-0.2, -0.15) is 0 Å². The Hall–Kier alpha value is -0.130. The van der Waals surface area contributed by atoms with Crippen molar-refractivity contribution in [3.63, 3.8) is 0 Å². The van der Waals surface area contributed by atoms with Crippen molar-refractivity contribution in [2.24, 2.45) is 5.92 Å². The smallest absolute Gasteiger partial charge is 0.148 e. The van der Waals surface area contributed by atoms with Crippen LogP contribution >= 0.6 is 0 Å². The third-order valence-corrected chi connectivity index (χ3v) is 3.19. The van der Waals surface area contributed by atoms with Crippen molar-refractivity contribution in [1.82, 2.24) is 10.6 Å². The number of nitrogens with one attached hydrogen (secondary N) is 2. The van der Waals surface area contributed by atoms with Crippen molar-refractivity contribution in [2.45, 2.75) is 6.42 Å². The van der Waals surface area contributed by atoms with Crippen molar-refractivity contribution in [1.29, 1.82) is 0 Å². The minimum absolute atomic E-state index is 0.243. The van der Waals surface area contributed by atoms with E-state index in [0.29, 0.717) is 12.5 Å². The summed E-state index contributed by atoms with van der Waals surface area (Å²) in [7, 11) is -2.80. The molecule has 1 saturated heterocycles. The number of hydrogen-bond donors (Lipinski definition) is 2. The van der Waals surface area contributed by atoms with Gasteiger partial charge >= 0.3 is 0 Å². The average Bonchev–Trinajstić information content (AvgIpc) is 2.48. The zero-order valence-electron chi connectivity index (χ0n) is 8.04. The molecule has 1 aliphatic heterocycles. The van der Waals surface area contributed by atoms with E-state index in [9.17, 15) is 8.42 Å². The Morgan fingerprint density at radius 1 is 1.54 bits per heavy atom. The fourth-order valence-corrected chi connectivity index (χ4v) is 1.97. The molecule has 0 bridgehead atoms. The lowest BCUT2D eigenvalue weighted by atomic mass is 10.1. The summed E-state index contributed by atoms with van der Waals surface area (Å²) in [5.74, 6) is 0.923. The molecule has 0 aliphatic carbocycles. The van der Waals surface area contributed by atoms with Crippen LogP contribution in [0.5, 0.6) is 0 Å². The Bertz CT molecular complexity index is 233. The largest absolute Gasteiger partial charge is 0.316 e. The van der Waals surface area contributed by atoms with Crippen molar-refractivity contribution in [3.05, 3.63) is 0 Å². The van der Waals surface area contributed by atoms with Crippen LogP contribution in [0.25, 0.3) is 0 Å². The number of hydrogen-bond acceptors (Lipinski definition) is 4. The van der Waals surface area contributed by atoms with Gasteiger partial charge in [0.15, 0.2) is 0 Å². The average molecular weight is 206 g/mol. The van der Waals surface area contributed by atoms with E-state index in [1.54, 1.807) is 0 Å². The molecule has 4 nitrogen and oxygen atoms in total. The van der Waals surface area contributed by atoms with Crippen LogP contribution in [-0.4, -0.2) is 46.6 Å². The van der Waals surface area contributed by atoms with E-state index in [0.717, 1.165) is 19.6 Å². The molecule has 1 heterocycles. The third kappa shape index (κ3) is 5.23. The summed E-state index contributed by atoms with van der Waals surface area (Å²) < 4.78 is 21.6. The Balaban J connectivity index is 2.01. The Morgan fingerprint density at radius 2 is 2.31 bits per heavy atom. The summed E-state index contributed by atoms with van der Waals surface area (Å²) in [6.07, 6.45) is 2.47. The van der Waals surface area contributed by atoms with Crippen LogP contribution in [0.4, 0.5) is 0 Å². The van der Waals surface area contributed by atoms with Gasteiger partial charge in [-0.05, 0) is 32.0 Å². The summed E-state index contributed by atoms with van der Waals surface area (Å²) in [5.41, 5.74) is 0. The molecule has 5 heteroatoms. The van der Waals surface area contributed by atoms with Gasteiger partial charge in [-0.25, -0.2) is 8.42 Å². The minimum Gasteiger partial charge on any atom is -0.316 e. The molecule has 1 atom stereocenters. The second-order valence-electron chi connectivity index (χ2n) is 3.69. The molecule has 0 saturated carbocycles. The normalized spacial score (nSPS) is 23.6. The van der Waals surface area contributed by atoms with Crippen LogP contribution in [0.15, 0.2) is 0 Å². The monoisotopic (exact) mass is 206 g/mol. The fourth-order valence-electron chi connectivity index (χ4n) is 1.45. The molecule has 2 N–H and O–H groups in total. The topological polar surface area (TPSA) is 58.2 Å². The second-order valence-corrected chi connectivity index (χ2v) is 5.95. The van der Waals surface area contributed by atoms with Gasteiger partial charge in [0.1, 0.15) is 9.84 Å². The molecule has 0 amide bonds. The molecule has 0 radical (unpaired) electrons. The van der Waals surface area contributed by atoms with Crippen LogP contribution in [0.2, 0.25) is 0 Å². The molecular formula is C8H18N2O2S. The molecule has 0 aromatic heterocycles.